The molecule has 2 N–H and O–H groups in total. The third kappa shape index (κ3) is 4.34. The first-order valence-corrected chi connectivity index (χ1v) is 9.09. The molecular formula is C21H26FNO3. The average molecular weight is 359 g/mol. The Labute approximate surface area is 153 Å². The highest BCUT2D eigenvalue weighted by atomic mass is 19.1. The highest BCUT2D eigenvalue weighted by Gasteiger charge is 2.28. The monoisotopic (exact) mass is 359 g/mol. The van der Waals surface area contributed by atoms with Crippen LogP contribution in [0.5, 0.6) is 11.5 Å². The van der Waals surface area contributed by atoms with E-state index in [-0.39, 0.29) is 17.5 Å². The van der Waals surface area contributed by atoms with Crippen molar-refractivity contribution in [3.63, 3.8) is 0 Å². The van der Waals surface area contributed by atoms with E-state index in [0.29, 0.717) is 11.3 Å². The van der Waals surface area contributed by atoms with Gasteiger partial charge in [0.15, 0.2) is 11.5 Å². The zero-order valence-corrected chi connectivity index (χ0v) is 15.1. The van der Waals surface area contributed by atoms with E-state index in [4.69, 9.17) is 4.74 Å². The van der Waals surface area contributed by atoms with E-state index in [1.165, 1.54) is 19.2 Å². The van der Waals surface area contributed by atoms with Gasteiger partial charge < -0.3 is 19.8 Å². The maximum absolute atomic E-state index is 13.0. The summed E-state index contributed by atoms with van der Waals surface area (Å²) < 4.78 is 18.2. The summed E-state index contributed by atoms with van der Waals surface area (Å²) in [5.41, 5.74) is 1.79. The number of hydrogen-bond donors (Lipinski definition) is 2. The Morgan fingerprint density at radius 2 is 1.85 bits per heavy atom. The normalized spacial score (nSPS) is 17.2. The molecule has 1 aliphatic heterocycles. The summed E-state index contributed by atoms with van der Waals surface area (Å²) in [6, 6.07) is 11.8. The van der Waals surface area contributed by atoms with Crippen molar-refractivity contribution in [2.75, 3.05) is 26.7 Å². The van der Waals surface area contributed by atoms with Crippen LogP contribution in [0.2, 0.25) is 0 Å². The number of hydrogen-bond acceptors (Lipinski definition) is 4. The molecule has 1 fully saturated rings. The molecular weight excluding hydrogens is 333 g/mol. The molecule has 140 valence electrons. The summed E-state index contributed by atoms with van der Waals surface area (Å²) in [6.07, 6.45) is 2.04. The van der Waals surface area contributed by atoms with Crippen LogP contribution in [0.1, 0.15) is 30.1 Å². The van der Waals surface area contributed by atoms with Crippen molar-refractivity contribution in [3.8, 4) is 11.5 Å². The summed E-state index contributed by atoms with van der Waals surface area (Å²) in [4.78, 5) is 2.38. The number of likely N-dealkylation sites (tertiary alicyclic amines) is 1. The number of phenols is 1. The van der Waals surface area contributed by atoms with Gasteiger partial charge >= 0.3 is 0 Å². The Kier molecular flexibility index (Phi) is 6.12. The number of aromatic hydroxyl groups is 1. The SMILES string of the molecule is COc1c(O)cccc1[C@H](O)C1CCN(CCc2ccc(F)cc2)CC1. The zero-order chi connectivity index (χ0) is 18.5. The third-order valence-electron chi connectivity index (χ3n) is 5.26. The van der Waals surface area contributed by atoms with Crippen LogP contribution in [-0.4, -0.2) is 41.9 Å². The molecule has 1 saturated heterocycles. The van der Waals surface area contributed by atoms with E-state index in [1.807, 2.05) is 18.2 Å². The fourth-order valence-corrected chi connectivity index (χ4v) is 3.68. The van der Waals surface area contributed by atoms with E-state index in [0.717, 1.165) is 44.5 Å². The maximum Gasteiger partial charge on any atom is 0.166 e. The molecule has 0 bridgehead atoms. The number of piperidine rings is 1. The molecule has 2 aromatic carbocycles. The standard InChI is InChI=1S/C21H26FNO3/c1-26-21-18(3-2-4-19(21)24)20(25)16-10-13-23(14-11-16)12-9-15-5-7-17(22)8-6-15/h2-8,16,20,24-25H,9-14H2,1H3/t20-/m1/s1. The topological polar surface area (TPSA) is 52.9 Å². The van der Waals surface area contributed by atoms with Gasteiger partial charge in [0, 0.05) is 12.1 Å². The number of methoxy groups -OCH3 is 1. The lowest BCUT2D eigenvalue weighted by Crippen LogP contribution is -2.36. The quantitative estimate of drug-likeness (QED) is 0.829. The van der Waals surface area contributed by atoms with E-state index in [2.05, 4.69) is 4.90 Å². The van der Waals surface area contributed by atoms with E-state index >= 15 is 0 Å². The molecule has 0 aliphatic carbocycles. The van der Waals surface area contributed by atoms with Crippen LogP contribution in [0.25, 0.3) is 0 Å². The Balaban J connectivity index is 1.53. The van der Waals surface area contributed by atoms with Crippen LogP contribution >= 0.6 is 0 Å². The van der Waals surface area contributed by atoms with Gasteiger partial charge in [-0.1, -0.05) is 24.3 Å². The van der Waals surface area contributed by atoms with Gasteiger partial charge in [-0.3, -0.25) is 0 Å². The van der Waals surface area contributed by atoms with Crippen molar-refractivity contribution >= 4 is 0 Å². The molecule has 0 amide bonds. The molecule has 0 saturated carbocycles. The predicted octanol–water partition coefficient (Wildman–Crippen LogP) is 3.53. The molecule has 0 aromatic heterocycles. The Bertz CT molecular complexity index is 712. The van der Waals surface area contributed by atoms with E-state index < -0.39 is 6.10 Å². The smallest absolute Gasteiger partial charge is 0.166 e. The lowest BCUT2D eigenvalue weighted by atomic mass is 9.87. The lowest BCUT2D eigenvalue weighted by molar-refractivity contribution is 0.0573. The van der Waals surface area contributed by atoms with Crippen molar-refractivity contribution in [1.29, 1.82) is 0 Å². The molecule has 1 heterocycles. The number of nitrogens with zero attached hydrogens (tertiary/aromatic N) is 1. The number of benzene rings is 2. The largest absolute Gasteiger partial charge is 0.504 e. The Morgan fingerprint density at radius 3 is 2.50 bits per heavy atom. The third-order valence-corrected chi connectivity index (χ3v) is 5.26. The van der Waals surface area contributed by atoms with Crippen molar-refractivity contribution in [2.24, 2.45) is 5.92 Å². The molecule has 2 aromatic rings. The number of aliphatic hydroxyl groups is 1. The van der Waals surface area contributed by atoms with Crippen LogP contribution in [0.4, 0.5) is 4.39 Å². The maximum atomic E-state index is 13.0. The first-order chi connectivity index (χ1) is 12.6. The van der Waals surface area contributed by atoms with Crippen LogP contribution in [0, 0.1) is 11.7 Å². The molecule has 0 unspecified atom stereocenters. The number of halogens is 1. The molecule has 26 heavy (non-hydrogen) atoms. The summed E-state index contributed by atoms with van der Waals surface area (Å²) in [7, 11) is 1.50. The number of rotatable bonds is 6. The van der Waals surface area contributed by atoms with E-state index in [9.17, 15) is 14.6 Å². The molecule has 5 heteroatoms. The van der Waals surface area contributed by atoms with Gasteiger partial charge in [-0.15, -0.1) is 0 Å². The summed E-state index contributed by atoms with van der Waals surface area (Å²) in [5.74, 6) is 0.359. The van der Waals surface area contributed by atoms with Crippen LogP contribution in [0.15, 0.2) is 42.5 Å². The molecule has 4 nitrogen and oxygen atoms in total. The van der Waals surface area contributed by atoms with Crippen molar-refractivity contribution in [2.45, 2.75) is 25.4 Å². The first kappa shape index (κ1) is 18.7. The Hall–Kier alpha value is -2.11. The van der Waals surface area contributed by atoms with Gasteiger partial charge in [0.1, 0.15) is 5.82 Å². The number of para-hydroxylation sites is 1. The number of phenolic OH excluding ortho intramolecular Hbond substituents is 1. The molecule has 3 rings (SSSR count). The summed E-state index contributed by atoms with van der Waals surface area (Å²) in [5, 5.41) is 20.7. The van der Waals surface area contributed by atoms with Crippen LogP contribution in [0.3, 0.4) is 0 Å². The van der Waals surface area contributed by atoms with Crippen molar-refractivity contribution in [1.82, 2.24) is 4.90 Å². The minimum Gasteiger partial charge on any atom is -0.504 e. The van der Waals surface area contributed by atoms with Crippen molar-refractivity contribution < 1.29 is 19.3 Å². The molecule has 0 radical (unpaired) electrons. The van der Waals surface area contributed by atoms with Crippen molar-refractivity contribution in [3.05, 3.63) is 59.4 Å². The van der Waals surface area contributed by atoms with E-state index in [1.54, 1.807) is 12.1 Å². The first-order valence-electron chi connectivity index (χ1n) is 9.09. The molecule has 1 aliphatic rings. The zero-order valence-electron chi connectivity index (χ0n) is 15.1. The molecule has 0 spiro atoms. The Morgan fingerprint density at radius 1 is 1.15 bits per heavy atom. The number of aliphatic hydroxyl groups excluding tert-OH is 1. The molecule has 1 atom stereocenters. The minimum atomic E-state index is -0.642. The van der Waals surface area contributed by atoms with Crippen LogP contribution in [-0.2, 0) is 6.42 Å². The second-order valence-corrected chi connectivity index (χ2v) is 6.90. The van der Waals surface area contributed by atoms with Gasteiger partial charge in [0.2, 0.25) is 0 Å². The van der Waals surface area contributed by atoms with Gasteiger partial charge in [0.05, 0.1) is 13.2 Å². The highest BCUT2D eigenvalue weighted by molar-refractivity contribution is 5.46. The fourth-order valence-electron chi connectivity index (χ4n) is 3.68. The predicted molar refractivity (Wildman–Crippen MR) is 98.9 cm³/mol. The van der Waals surface area contributed by atoms with Gasteiger partial charge in [-0.2, -0.15) is 0 Å². The average Bonchev–Trinajstić information content (AvgIpc) is 2.67. The lowest BCUT2D eigenvalue weighted by Gasteiger charge is -2.34. The second kappa shape index (κ2) is 8.52. The summed E-state index contributed by atoms with van der Waals surface area (Å²) in [6.45, 7) is 2.78. The fraction of sp³-hybridized carbons (Fsp3) is 0.429. The van der Waals surface area contributed by atoms with Gasteiger partial charge in [-0.05, 0) is 62.0 Å². The van der Waals surface area contributed by atoms with Gasteiger partial charge in [-0.25, -0.2) is 4.39 Å². The summed E-state index contributed by atoms with van der Waals surface area (Å²) >= 11 is 0. The minimum absolute atomic E-state index is 0.0563. The van der Waals surface area contributed by atoms with Gasteiger partial charge in [0.25, 0.3) is 0 Å². The van der Waals surface area contributed by atoms with Crippen LogP contribution < -0.4 is 4.74 Å². The second-order valence-electron chi connectivity index (χ2n) is 6.90. The highest BCUT2D eigenvalue weighted by Crippen LogP contribution is 2.39. The number of ether oxygens (including phenoxy) is 1.